The summed E-state index contributed by atoms with van der Waals surface area (Å²) in [7, 11) is 0. The summed E-state index contributed by atoms with van der Waals surface area (Å²) in [5.74, 6) is 0. The lowest BCUT2D eigenvalue weighted by Gasteiger charge is -2.26. The molecule has 476 valence electrons. The molecule has 6 aromatic heterocycles. The zero-order valence-corrected chi connectivity index (χ0v) is 60.1. The number of rotatable bonds is 5. The van der Waals surface area contributed by atoms with Crippen molar-refractivity contribution in [1.29, 1.82) is 0 Å². The Morgan fingerprint density at radius 1 is 0.250 bits per heavy atom. The molecule has 4 heteroatoms. The van der Waals surface area contributed by atoms with Crippen LogP contribution in [0.15, 0.2) is 200 Å². The molecule has 0 atom stereocenters. The number of fused-ring (bicyclic) bond motifs is 18. The number of hydrogen-bond acceptors (Lipinski definition) is 1. The molecule has 96 heavy (non-hydrogen) atoms. The highest BCUT2D eigenvalue weighted by Crippen LogP contribution is 2.54. The van der Waals surface area contributed by atoms with E-state index in [2.05, 4.69) is 338 Å². The fourth-order valence-electron chi connectivity index (χ4n) is 15.9. The highest BCUT2D eigenvalue weighted by molar-refractivity contribution is 7.26. The number of nitrogens with zero attached hydrogens (tertiary/aromatic N) is 3. The van der Waals surface area contributed by atoms with E-state index in [-0.39, 0.29) is 32.5 Å². The second-order valence-corrected chi connectivity index (χ2v) is 35.4. The molecule has 11 aromatic carbocycles. The lowest BCUT2D eigenvalue weighted by Crippen LogP contribution is -2.16. The average molecular weight is 1270 g/mol. The van der Waals surface area contributed by atoms with Crippen LogP contribution in [0, 0.1) is 0 Å². The monoisotopic (exact) mass is 1270 g/mol. The predicted octanol–water partition coefficient (Wildman–Crippen LogP) is 26.8. The maximum absolute atomic E-state index is 2.71. The minimum absolute atomic E-state index is 0.0443. The van der Waals surface area contributed by atoms with Gasteiger partial charge in [0, 0.05) is 69.8 Å². The van der Waals surface area contributed by atoms with Gasteiger partial charge in [-0.1, -0.05) is 240 Å². The molecule has 0 aliphatic rings. The Kier molecular flexibility index (Phi) is 12.7. The largest absolute Gasteiger partial charge is 0.309 e. The summed E-state index contributed by atoms with van der Waals surface area (Å²) >= 11 is 1.94. The molecule has 0 saturated heterocycles. The minimum atomic E-state index is -0.0762. The van der Waals surface area contributed by atoms with Gasteiger partial charge in [0.1, 0.15) is 0 Å². The molecule has 0 fully saturated rings. The van der Waals surface area contributed by atoms with Gasteiger partial charge in [0.25, 0.3) is 0 Å². The van der Waals surface area contributed by atoms with Gasteiger partial charge in [0.2, 0.25) is 0 Å². The quantitative estimate of drug-likeness (QED) is 0.163. The third-order valence-electron chi connectivity index (χ3n) is 21.5. The van der Waals surface area contributed by atoms with Gasteiger partial charge in [-0.3, -0.25) is 0 Å². The third kappa shape index (κ3) is 9.17. The first kappa shape index (κ1) is 60.4. The van der Waals surface area contributed by atoms with Crippen LogP contribution >= 0.6 is 11.3 Å². The molecule has 0 N–H and O–H groups in total. The van der Waals surface area contributed by atoms with Crippen molar-refractivity contribution in [3.05, 3.63) is 234 Å². The first-order valence-corrected chi connectivity index (χ1v) is 35.6. The first-order valence-electron chi connectivity index (χ1n) is 34.8. The van der Waals surface area contributed by atoms with Gasteiger partial charge in [0.15, 0.2) is 0 Å². The SMILES string of the molecule is CC(C)(C)c1cc(-c2cc(-c3ccc4c(c3)c3ccccc3n4-c3ccccc3)c3c(c2)c2cc(-c4cc(C(C)(C)C)cc(C(C)(C)C)c4)cc4c5c6c7cc(-c8cc(C(C)(C)C)cc(C(C)(C)C)c8)cc8c9sc%10ccccc%10c9n(c6ccc5n3c24)c87)cc(C(C)(C)C)c1. The van der Waals surface area contributed by atoms with Crippen LogP contribution in [0.25, 0.3) is 158 Å². The topological polar surface area (TPSA) is 13.8 Å². The average Bonchev–Trinajstić information content (AvgIpc) is 1.50. The van der Waals surface area contributed by atoms with E-state index >= 15 is 0 Å². The van der Waals surface area contributed by atoms with Crippen LogP contribution in [-0.4, -0.2) is 13.4 Å². The molecule has 0 aliphatic heterocycles. The van der Waals surface area contributed by atoms with E-state index in [1.807, 2.05) is 11.3 Å². The zero-order valence-electron chi connectivity index (χ0n) is 59.3. The zero-order chi connectivity index (χ0) is 67.0. The predicted molar refractivity (Wildman–Crippen MR) is 419 cm³/mol. The number of thiophene rings is 1. The summed E-state index contributed by atoms with van der Waals surface area (Å²) in [5.41, 5.74) is 28.8. The Bertz CT molecular complexity index is 6010. The number of aromatic nitrogens is 3. The molecule has 17 aromatic rings. The molecule has 0 bridgehead atoms. The first-order chi connectivity index (χ1) is 45.4. The van der Waals surface area contributed by atoms with Crippen LogP contribution in [-0.2, 0) is 32.5 Å². The van der Waals surface area contributed by atoms with Gasteiger partial charge in [-0.15, -0.1) is 11.3 Å². The van der Waals surface area contributed by atoms with E-state index in [4.69, 9.17) is 0 Å². The second kappa shape index (κ2) is 20.2. The van der Waals surface area contributed by atoms with Gasteiger partial charge in [0.05, 0.1) is 48.8 Å². The number of benzene rings is 11. The van der Waals surface area contributed by atoms with Crippen molar-refractivity contribution in [2.75, 3.05) is 0 Å². The molecule has 0 radical (unpaired) electrons. The molecule has 3 nitrogen and oxygen atoms in total. The second-order valence-electron chi connectivity index (χ2n) is 34.4. The van der Waals surface area contributed by atoms with Gasteiger partial charge < -0.3 is 13.4 Å². The summed E-state index contributed by atoms with van der Waals surface area (Å²) in [4.78, 5) is 0. The van der Waals surface area contributed by atoms with E-state index in [0.717, 1.165) is 5.69 Å². The summed E-state index contributed by atoms with van der Waals surface area (Å²) in [6.07, 6.45) is 0. The van der Waals surface area contributed by atoms with Crippen LogP contribution in [0.4, 0.5) is 0 Å². The van der Waals surface area contributed by atoms with E-state index in [0.29, 0.717) is 0 Å². The van der Waals surface area contributed by atoms with Gasteiger partial charge >= 0.3 is 0 Å². The number of hydrogen-bond donors (Lipinski definition) is 0. The maximum Gasteiger partial charge on any atom is 0.0728 e. The van der Waals surface area contributed by atoms with Crippen LogP contribution < -0.4 is 0 Å². The van der Waals surface area contributed by atoms with Crippen molar-refractivity contribution < 1.29 is 0 Å². The van der Waals surface area contributed by atoms with Crippen LogP contribution in [0.5, 0.6) is 0 Å². The standard InChI is InChI=1S/C92H87N3S/c1-87(2,3)59-36-53(37-60(49-59)88(4,5)6)56-43-68(52-32-33-76-69(42-52)66-28-22-24-30-75(66)93(76)65-26-20-19-21-27-65)82-70(44-56)71-45-57(54-38-61(89(7,8)9)50-62(39-54)90(10,11)12)46-72-80-77(94(82)83(71)72)34-35-78-81(80)73-47-58(55-40-63(91(13,14)15)51-64(41-55)92(16,17)18)48-74-84(73)95(78)85-67-29-23-25-31-79(67)96-86(74)85/h19-51H,1-18H3. The van der Waals surface area contributed by atoms with Gasteiger partial charge in [-0.2, -0.15) is 0 Å². The molecule has 0 spiro atoms. The fraction of sp³-hybridized carbons (Fsp3) is 0.261. The van der Waals surface area contributed by atoms with Crippen molar-refractivity contribution in [2.24, 2.45) is 0 Å². The van der Waals surface area contributed by atoms with Crippen LogP contribution in [0.3, 0.4) is 0 Å². The minimum Gasteiger partial charge on any atom is -0.309 e. The van der Waals surface area contributed by atoms with Crippen molar-refractivity contribution >= 4 is 119 Å². The summed E-state index contributed by atoms with van der Waals surface area (Å²) in [5, 5.41) is 12.8. The molecule has 17 rings (SSSR count). The highest BCUT2D eigenvalue weighted by Gasteiger charge is 2.32. The van der Waals surface area contributed by atoms with Crippen LogP contribution in [0.2, 0.25) is 0 Å². The van der Waals surface area contributed by atoms with E-state index in [1.165, 1.54) is 185 Å². The van der Waals surface area contributed by atoms with E-state index in [1.54, 1.807) is 0 Å². The third-order valence-corrected chi connectivity index (χ3v) is 22.7. The molecular weight excluding hydrogens is 1180 g/mol. The molecule has 0 unspecified atom stereocenters. The van der Waals surface area contributed by atoms with Crippen molar-refractivity contribution in [2.45, 2.75) is 157 Å². The van der Waals surface area contributed by atoms with Crippen molar-refractivity contribution in [3.63, 3.8) is 0 Å². The fourth-order valence-corrected chi connectivity index (χ4v) is 17.1. The lowest BCUT2D eigenvalue weighted by molar-refractivity contribution is 0.568. The lowest BCUT2D eigenvalue weighted by atomic mass is 9.78. The maximum atomic E-state index is 2.71. The summed E-state index contributed by atoms with van der Waals surface area (Å²) in [6, 6.07) is 79.0. The Balaban J connectivity index is 1.07. The molecule has 0 saturated carbocycles. The molecule has 6 heterocycles. The van der Waals surface area contributed by atoms with Gasteiger partial charge in [-0.25, -0.2) is 0 Å². The smallest absolute Gasteiger partial charge is 0.0728 e. The Labute approximate surface area is 569 Å². The van der Waals surface area contributed by atoms with Gasteiger partial charge in [-0.05, 0) is 190 Å². The van der Waals surface area contributed by atoms with Crippen molar-refractivity contribution in [1.82, 2.24) is 13.4 Å². The Morgan fingerprint density at radius 2 is 0.615 bits per heavy atom. The Morgan fingerprint density at radius 3 is 1.11 bits per heavy atom. The number of para-hydroxylation sites is 2. The highest BCUT2D eigenvalue weighted by atomic mass is 32.1. The molecule has 0 amide bonds. The molecular formula is C92H87N3S. The normalized spacial score (nSPS) is 13.5. The van der Waals surface area contributed by atoms with Crippen molar-refractivity contribution in [3.8, 4) is 50.2 Å². The molecule has 0 aliphatic carbocycles. The van der Waals surface area contributed by atoms with Crippen LogP contribution in [0.1, 0.15) is 158 Å². The summed E-state index contributed by atoms with van der Waals surface area (Å²) in [6.45, 7) is 42.6. The Hall–Kier alpha value is -9.22. The van der Waals surface area contributed by atoms with E-state index < -0.39 is 0 Å². The summed E-state index contributed by atoms with van der Waals surface area (Å²) < 4.78 is 10.5. The van der Waals surface area contributed by atoms with E-state index in [9.17, 15) is 0 Å².